The van der Waals surface area contributed by atoms with Crippen LogP contribution in [0.15, 0.2) is 69.5 Å². The Kier molecular flexibility index (Phi) is 5.75. The number of aromatic amines is 1. The monoisotopic (exact) mass is 466 g/mol. The second kappa shape index (κ2) is 8.52. The van der Waals surface area contributed by atoms with Crippen molar-refractivity contribution in [3.05, 3.63) is 76.3 Å². The molecule has 0 saturated carbocycles. The summed E-state index contributed by atoms with van der Waals surface area (Å²) in [4.78, 5) is 15.1. The first kappa shape index (κ1) is 22.2. The van der Waals surface area contributed by atoms with Crippen molar-refractivity contribution < 1.29 is 13.2 Å². The number of hydrogen-bond donors (Lipinski definition) is 3. The lowest BCUT2D eigenvalue weighted by Gasteiger charge is -2.10. The highest BCUT2D eigenvalue weighted by molar-refractivity contribution is 7.89. The Bertz CT molecular complexity index is 1540. The van der Waals surface area contributed by atoms with Crippen LogP contribution in [0.1, 0.15) is 18.2 Å². The van der Waals surface area contributed by atoms with Gasteiger partial charge in [-0.05, 0) is 56.3 Å². The van der Waals surface area contributed by atoms with E-state index in [1.807, 2.05) is 19.9 Å². The van der Waals surface area contributed by atoms with E-state index in [1.54, 1.807) is 42.3 Å². The van der Waals surface area contributed by atoms with E-state index in [1.165, 1.54) is 18.2 Å². The molecule has 2 aromatic heterocycles. The third kappa shape index (κ3) is 4.49. The average molecular weight is 467 g/mol. The van der Waals surface area contributed by atoms with Crippen LogP contribution in [0.3, 0.4) is 0 Å². The number of methoxy groups -OCH3 is 1. The van der Waals surface area contributed by atoms with Crippen molar-refractivity contribution in [2.45, 2.75) is 18.7 Å². The highest BCUT2D eigenvalue weighted by Gasteiger charge is 2.15. The summed E-state index contributed by atoms with van der Waals surface area (Å²) in [5.41, 5.74) is 6.76. The maximum absolute atomic E-state index is 12.2. The molecule has 2 aromatic carbocycles. The van der Waals surface area contributed by atoms with Crippen LogP contribution in [0.4, 0.5) is 5.69 Å². The van der Waals surface area contributed by atoms with Crippen molar-refractivity contribution >= 4 is 32.3 Å². The van der Waals surface area contributed by atoms with Gasteiger partial charge in [-0.3, -0.25) is 10.2 Å². The van der Waals surface area contributed by atoms with Crippen molar-refractivity contribution in [1.82, 2.24) is 14.8 Å². The predicted octanol–water partition coefficient (Wildman–Crippen LogP) is 2.51. The number of nitrogens with two attached hydrogens (primary N) is 1. The third-order valence-corrected chi connectivity index (χ3v) is 6.12. The molecule has 4 N–H and O–H groups in total. The number of anilines is 1. The molecule has 0 fully saturated rings. The van der Waals surface area contributed by atoms with Gasteiger partial charge in [-0.15, -0.1) is 0 Å². The highest BCUT2D eigenvalue weighted by atomic mass is 32.2. The summed E-state index contributed by atoms with van der Waals surface area (Å²) < 4.78 is 29.8. The fourth-order valence-corrected chi connectivity index (χ4v) is 3.97. The van der Waals surface area contributed by atoms with E-state index in [-0.39, 0.29) is 10.5 Å². The average Bonchev–Trinajstić information content (AvgIpc) is 3.17. The van der Waals surface area contributed by atoms with Gasteiger partial charge in [0.25, 0.3) is 5.56 Å². The summed E-state index contributed by atoms with van der Waals surface area (Å²) in [6.07, 6.45) is 1.67. The van der Waals surface area contributed by atoms with Crippen LogP contribution in [0, 0.1) is 6.92 Å². The number of fused-ring (bicyclic) bond motifs is 1. The predicted molar refractivity (Wildman–Crippen MR) is 127 cm³/mol. The summed E-state index contributed by atoms with van der Waals surface area (Å²) in [5, 5.41) is 14.8. The minimum absolute atomic E-state index is 0.0209. The molecule has 10 nitrogen and oxygen atoms in total. The number of sulfonamides is 1. The number of rotatable bonds is 6. The Hall–Kier alpha value is -3.96. The molecule has 170 valence electrons. The van der Waals surface area contributed by atoms with E-state index < -0.39 is 10.0 Å². The number of nitrogens with one attached hydrogen (secondary N) is 2. The Morgan fingerprint density at radius 3 is 2.58 bits per heavy atom. The molecule has 0 unspecified atom stereocenters. The Balaban J connectivity index is 1.67. The number of ether oxygens (including phenoxy) is 1. The lowest BCUT2D eigenvalue weighted by molar-refractivity contribution is 0.415. The second-order valence-corrected chi connectivity index (χ2v) is 8.93. The quantitative estimate of drug-likeness (QED) is 0.294. The maximum Gasteiger partial charge on any atom is 0.250 e. The summed E-state index contributed by atoms with van der Waals surface area (Å²) >= 11 is 0. The molecule has 0 saturated heterocycles. The first-order valence-electron chi connectivity index (χ1n) is 9.87. The van der Waals surface area contributed by atoms with Gasteiger partial charge in [-0.1, -0.05) is 0 Å². The van der Waals surface area contributed by atoms with E-state index in [9.17, 15) is 13.2 Å². The van der Waals surface area contributed by atoms with E-state index >= 15 is 0 Å². The molecule has 11 heteroatoms. The van der Waals surface area contributed by atoms with Gasteiger partial charge in [0, 0.05) is 17.0 Å². The summed E-state index contributed by atoms with van der Waals surface area (Å²) in [7, 11) is -2.17. The molecule has 0 aliphatic rings. The number of aromatic nitrogens is 3. The number of primary sulfonamides is 1. The molecule has 0 spiro atoms. The van der Waals surface area contributed by atoms with Gasteiger partial charge >= 0.3 is 0 Å². The fraction of sp³-hybridized carbons (Fsp3) is 0.136. The lowest BCUT2D eigenvalue weighted by atomic mass is 10.1. The number of nitrogens with zero attached hydrogens (tertiary/aromatic N) is 3. The van der Waals surface area contributed by atoms with Gasteiger partial charge < -0.3 is 9.72 Å². The molecule has 4 rings (SSSR count). The molecular weight excluding hydrogens is 444 g/mol. The zero-order valence-corrected chi connectivity index (χ0v) is 19.0. The molecule has 33 heavy (non-hydrogen) atoms. The third-order valence-electron chi connectivity index (χ3n) is 5.19. The first-order valence-corrected chi connectivity index (χ1v) is 11.4. The summed E-state index contributed by atoms with van der Waals surface area (Å²) in [6, 6.07) is 12.8. The zero-order valence-electron chi connectivity index (χ0n) is 18.2. The van der Waals surface area contributed by atoms with Crippen molar-refractivity contribution in [2.75, 3.05) is 12.5 Å². The van der Waals surface area contributed by atoms with Crippen molar-refractivity contribution in [3.63, 3.8) is 0 Å². The van der Waals surface area contributed by atoms with E-state index in [0.29, 0.717) is 28.4 Å². The first-order chi connectivity index (χ1) is 15.7. The highest BCUT2D eigenvalue weighted by Crippen LogP contribution is 2.25. The van der Waals surface area contributed by atoms with Gasteiger partial charge in [0.1, 0.15) is 5.75 Å². The van der Waals surface area contributed by atoms with Crippen LogP contribution in [0.2, 0.25) is 0 Å². The SMILES string of the molecule is COc1ccc2[nH]c(=O)cc(-n3ncc(/C(C)=N/Nc4ccc(S(N)(=O)=O)cc4)c3C)c2c1. The van der Waals surface area contributed by atoms with Crippen LogP contribution in [-0.2, 0) is 10.0 Å². The topological polar surface area (TPSA) is 144 Å². The summed E-state index contributed by atoms with van der Waals surface area (Å²) in [5.74, 6) is 0.663. The minimum atomic E-state index is -3.75. The molecular formula is C22H22N6O4S. The standard InChI is InChI=1S/C22H22N6O4S/c1-13(26-27-15-4-7-17(8-5-15)33(23,30)31)19-12-24-28(14(19)2)21-11-22(29)25-20-9-6-16(32-3)10-18(20)21/h4-12,27H,1-3H3,(H,25,29)(H2,23,30,31)/b26-13+. The molecule has 0 aliphatic heterocycles. The lowest BCUT2D eigenvalue weighted by Crippen LogP contribution is -2.11. The van der Waals surface area contributed by atoms with Gasteiger partial charge in [-0.25, -0.2) is 18.2 Å². The Morgan fingerprint density at radius 2 is 1.91 bits per heavy atom. The van der Waals surface area contributed by atoms with Crippen LogP contribution in [0.25, 0.3) is 16.6 Å². The van der Waals surface area contributed by atoms with Crippen LogP contribution in [-0.4, -0.2) is 36.0 Å². The van der Waals surface area contributed by atoms with Gasteiger partial charge in [0.2, 0.25) is 10.0 Å². The van der Waals surface area contributed by atoms with Crippen LogP contribution < -0.4 is 20.9 Å². The molecule has 4 aromatic rings. The zero-order chi connectivity index (χ0) is 23.8. The maximum atomic E-state index is 12.2. The molecule has 2 heterocycles. The van der Waals surface area contributed by atoms with Crippen molar-refractivity contribution in [1.29, 1.82) is 0 Å². The smallest absolute Gasteiger partial charge is 0.250 e. The Labute approximate surface area is 189 Å². The number of hydrazone groups is 1. The second-order valence-electron chi connectivity index (χ2n) is 7.36. The van der Waals surface area contributed by atoms with E-state index in [4.69, 9.17) is 9.88 Å². The summed E-state index contributed by atoms with van der Waals surface area (Å²) in [6.45, 7) is 3.70. The molecule has 0 aliphatic carbocycles. The van der Waals surface area contributed by atoms with Crippen LogP contribution >= 0.6 is 0 Å². The Morgan fingerprint density at radius 1 is 1.18 bits per heavy atom. The van der Waals surface area contributed by atoms with Crippen molar-refractivity contribution in [3.8, 4) is 11.4 Å². The van der Waals surface area contributed by atoms with Gasteiger partial charge in [0.15, 0.2) is 0 Å². The molecule has 0 atom stereocenters. The van der Waals surface area contributed by atoms with E-state index in [2.05, 4.69) is 20.6 Å². The van der Waals surface area contributed by atoms with E-state index in [0.717, 1.165) is 16.6 Å². The van der Waals surface area contributed by atoms with Crippen LogP contribution in [0.5, 0.6) is 5.75 Å². The largest absolute Gasteiger partial charge is 0.497 e. The fourth-order valence-electron chi connectivity index (χ4n) is 3.45. The molecule has 0 bridgehead atoms. The number of pyridine rings is 1. The number of benzene rings is 2. The minimum Gasteiger partial charge on any atom is -0.497 e. The van der Waals surface area contributed by atoms with Crippen molar-refractivity contribution in [2.24, 2.45) is 10.2 Å². The number of hydrogen-bond acceptors (Lipinski definition) is 7. The number of H-pyrrole nitrogens is 1. The normalized spacial score (nSPS) is 12.2. The molecule has 0 radical (unpaired) electrons. The van der Waals surface area contributed by atoms with Gasteiger partial charge in [0.05, 0.1) is 46.5 Å². The van der Waals surface area contributed by atoms with Gasteiger partial charge in [-0.2, -0.15) is 10.2 Å². The molecule has 0 amide bonds.